The average molecular weight is 320 g/mol. The molecular formula is C16H14ClNO4. The molecule has 2 N–H and O–H groups in total. The van der Waals surface area contributed by atoms with Crippen LogP contribution in [0.3, 0.4) is 0 Å². The van der Waals surface area contributed by atoms with Gasteiger partial charge >= 0.3 is 5.97 Å². The number of halogens is 1. The summed E-state index contributed by atoms with van der Waals surface area (Å²) in [7, 11) is 0. The van der Waals surface area contributed by atoms with Gasteiger partial charge in [0.1, 0.15) is 5.75 Å². The largest absolute Gasteiger partial charge is 0.484 e. The summed E-state index contributed by atoms with van der Waals surface area (Å²) in [5.41, 5.74) is 0.893. The van der Waals surface area contributed by atoms with E-state index < -0.39 is 5.97 Å². The van der Waals surface area contributed by atoms with Crippen LogP contribution in [0.1, 0.15) is 15.9 Å². The molecule has 0 aliphatic carbocycles. The van der Waals surface area contributed by atoms with Crippen LogP contribution in [-0.2, 0) is 11.3 Å². The molecule has 0 fully saturated rings. The van der Waals surface area contributed by atoms with Crippen LogP contribution >= 0.6 is 11.6 Å². The molecule has 5 nitrogen and oxygen atoms in total. The highest BCUT2D eigenvalue weighted by Gasteiger charge is 2.06. The van der Waals surface area contributed by atoms with E-state index in [1.54, 1.807) is 36.4 Å². The number of hydrogen-bond donors (Lipinski definition) is 2. The minimum Gasteiger partial charge on any atom is -0.484 e. The highest BCUT2D eigenvalue weighted by Crippen LogP contribution is 2.15. The lowest BCUT2D eigenvalue weighted by Gasteiger charge is -2.08. The number of amides is 1. The smallest absolute Gasteiger partial charge is 0.335 e. The Balaban J connectivity index is 1.81. The van der Waals surface area contributed by atoms with Crippen molar-refractivity contribution in [2.75, 3.05) is 6.61 Å². The third-order valence-corrected chi connectivity index (χ3v) is 3.10. The van der Waals surface area contributed by atoms with Gasteiger partial charge in [-0.15, -0.1) is 0 Å². The predicted molar refractivity (Wildman–Crippen MR) is 82.2 cm³/mol. The minimum atomic E-state index is -1.00. The fourth-order valence-electron chi connectivity index (χ4n) is 1.75. The van der Waals surface area contributed by atoms with Gasteiger partial charge in [-0.3, -0.25) is 4.79 Å². The number of carbonyl (C=O) groups excluding carboxylic acids is 1. The van der Waals surface area contributed by atoms with Gasteiger partial charge in [-0.05, 0) is 42.0 Å². The van der Waals surface area contributed by atoms with E-state index in [-0.39, 0.29) is 24.6 Å². The van der Waals surface area contributed by atoms with Gasteiger partial charge in [0.25, 0.3) is 5.91 Å². The van der Waals surface area contributed by atoms with E-state index in [2.05, 4.69) is 5.32 Å². The number of ether oxygens (including phenoxy) is 1. The molecule has 2 aromatic rings. The van der Waals surface area contributed by atoms with Crippen LogP contribution in [0.25, 0.3) is 0 Å². The lowest BCUT2D eigenvalue weighted by Crippen LogP contribution is -2.28. The van der Waals surface area contributed by atoms with Gasteiger partial charge in [0.05, 0.1) is 5.56 Å². The number of nitrogens with one attached hydrogen (secondary N) is 1. The second-order valence-corrected chi connectivity index (χ2v) is 4.96. The number of benzene rings is 2. The summed E-state index contributed by atoms with van der Waals surface area (Å²) in [4.78, 5) is 22.6. The summed E-state index contributed by atoms with van der Waals surface area (Å²) < 4.78 is 5.31. The maximum Gasteiger partial charge on any atom is 0.335 e. The molecule has 2 rings (SSSR count). The second kappa shape index (κ2) is 7.47. The first-order valence-electron chi connectivity index (χ1n) is 6.52. The number of carboxylic acid groups (broad SMARTS) is 1. The zero-order valence-electron chi connectivity index (χ0n) is 11.6. The maximum absolute atomic E-state index is 11.7. The van der Waals surface area contributed by atoms with Crippen molar-refractivity contribution in [2.45, 2.75) is 6.54 Å². The Labute approximate surface area is 132 Å². The molecule has 0 bridgehead atoms. The normalized spacial score (nSPS) is 10.0. The van der Waals surface area contributed by atoms with Gasteiger partial charge in [-0.25, -0.2) is 4.79 Å². The van der Waals surface area contributed by atoms with Crippen molar-refractivity contribution < 1.29 is 19.4 Å². The molecule has 1 amide bonds. The van der Waals surface area contributed by atoms with E-state index >= 15 is 0 Å². The molecule has 0 aromatic heterocycles. The van der Waals surface area contributed by atoms with E-state index in [4.69, 9.17) is 21.4 Å². The van der Waals surface area contributed by atoms with Crippen molar-refractivity contribution in [3.05, 3.63) is 64.7 Å². The van der Waals surface area contributed by atoms with Crippen LogP contribution in [0, 0.1) is 0 Å². The fourth-order valence-corrected chi connectivity index (χ4v) is 1.87. The van der Waals surface area contributed by atoms with Crippen molar-refractivity contribution in [1.82, 2.24) is 5.32 Å². The van der Waals surface area contributed by atoms with Gasteiger partial charge in [0.15, 0.2) is 6.61 Å². The molecular weight excluding hydrogens is 306 g/mol. The zero-order valence-corrected chi connectivity index (χ0v) is 12.3. The van der Waals surface area contributed by atoms with Gasteiger partial charge in [-0.1, -0.05) is 23.7 Å². The molecule has 0 heterocycles. The van der Waals surface area contributed by atoms with E-state index in [1.807, 2.05) is 0 Å². The summed E-state index contributed by atoms with van der Waals surface area (Å²) in [5, 5.41) is 12.2. The number of carbonyl (C=O) groups is 2. The van der Waals surface area contributed by atoms with Crippen LogP contribution < -0.4 is 10.1 Å². The Bertz CT molecular complexity index is 670. The van der Waals surface area contributed by atoms with Crippen LogP contribution in [0.2, 0.25) is 5.02 Å². The van der Waals surface area contributed by atoms with Crippen molar-refractivity contribution in [1.29, 1.82) is 0 Å². The van der Waals surface area contributed by atoms with Gasteiger partial charge in [0.2, 0.25) is 0 Å². The molecule has 0 aliphatic heterocycles. The number of carboxylic acids is 1. The standard InChI is InChI=1S/C16H14ClNO4/c17-13-4-6-14(7-5-13)22-10-15(19)18-9-11-2-1-3-12(8-11)16(20)21/h1-8H,9-10H2,(H,18,19)(H,20,21). The molecule has 0 radical (unpaired) electrons. The highest BCUT2D eigenvalue weighted by molar-refractivity contribution is 6.30. The van der Waals surface area contributed by atoms with E-state index in [0.717, 1.165) is 0 Å². The van der Waals surface area contributed by atoms with Crippen molar-refractivity contribution in [3.63, 3.8) is 0 Å². The first kappa shape index (κ1) is 15.9. The van der Waals surface area contributed by atoms with Crippen molar-refractivity contribution in [3.8, 4) is 5.75 Å². The number of hydrogen-bond acceptors (Lipinski definition) is 3. The molecule has 2 aromatic carbocycles. The summed E-state index contributed by atoms with van der Waals surface area (Å²) in [5.74, 6) is -0.748. The number of aromatic carboxylic acids is 1. The van der Waals surface area contributed by atoms with Crippen LogP contribution in [0.4, 0.5) is 0 Å². The fraction of sp³-hybridized carbons (Fsp3) is 0.125. The summed E-state index contributed by atoms with van der Waals surface area (Å²) >= 11 is 5.75. The molecule has 0 saturated heterocycles. The number of rotatable bonds is 6. The third-order valence-electron chi connectivity index (χ3n) is 2.85. The predicted octanol–water partition coefficient (Wildman–Crippen LogP) is 2.73. The Morgan fingerprint density at radius 1 is 1.14 bits per heavy atom. The summed E-state index contributed by atoms with van der Waals surface area (Å²) in [6.07, 6.45) is 0. The zero-order chi connectivity index (χ0) is 15.9. The van der Waals surface area contributed by atoms with Crippen LogP contribution in [0.5, 0.6) is 5.75 Å². The van der Waals surface area contributed by atoms with Crippen molar-refractivity contribution in [2.24, 2.45) is 0 Å². The molecule has 0 unspecified atom stereocenters. The Hall–Kier alpha value is -2.53. The van der Waals surface area contributed by atoms with Gasteiger partial charge in [0, 0.05) is 11.6 Å². The van der Waals surface area contributed by atoms with E-state index in [0.29, 0.717) is 16.3 Å². The molecule has 6 heteroatoms. The highest BCUT2D eigenvalue weighted by atomic mass is 35.5. The molecule has 0 aliphatic rings. The Morgan fingerprint density at radius 3 is 2.55 bits per heavy atom. The molecule has 0 atom stereocenters. The van der Waals surface area contributed by atoms with E-state index in [1.165, 1.54) is 12.1 Å². The second-order valence-electron chi connectivity index (χ2n) is 4.52. The van der Waals surface area contributed by atoms with Gasteiger partial charge < -0.3 is 15.2 Å². The maximum atomic E-state index is 11.7. The summed E-state index contributed by atoms with van der Waals surface area (Å²) in [6.45, 7) is 0.115. The van der Waals surface area contributed by atoms with Gasteiger partial charge in [-0.2, -0.15) is 0 Å². The first-order chi connectivity index (χ1) is 10.5. The molecule has 22 heavy (non-hydrogen) atoms. The average Bonchev–Trinajstić information content (AvgIpc) is 2.52. The first-order valence-corrected chi connectivity index (χ1v) is 6.89. The van der Waals surface area contributed by atoms with Crippen LogP contribution in [0.15, 0.2) is 48.5 Å². The van der Waals surface area contributed by atoms with Crippen molar-refractivity contribution >= 4 is 23.5 Å². The van der Waals surface area contributed by atoms with E-state index in [9.17, 15) is 9.59 Å². The third kappa shape index (κ3) is 4.79. The molecule has 0 spiro atoms. The quantitative estimate of drug-likeness (QED) is 0.858. The monoisotopic (exact) mass is 319 g/mol. The lowest BCUT2D eigenvalue weighted by molar-refractivity contribution is -0.123. The summed E-state index contributed by atoms with van der Waals surface area (Å²) in [6, 6.07) is 13.1. The Kier molecular flexibility index (Phi) is 5.38. The minimum absolute atomic E-state index is 0.125. The topological polar surface area (TPSA) is 75.6 Å². The molecule has 114 valence electrons. The van der Waals surface area contributed by atoms with Crippen LogP contribution in [-0.4, -0.2) is 23.6 Å². The lowest BCUT2D eigenvalue weighted by atomic mass is 10.1. The Morgan fingerprint density at radius 2 is 1.86 bits per heavy atom. The molecule has 0 saturated carbocycles. The SMILES string of the molecule is O=C(COc1ccc(Cl)cc1)NCc1cccc(C(=O)O)c1.